The quantitative estimate of drug-likeness (QED) is 0.470. The molecule has 0 bridgehead atoms. The number of likely N-dealkylation sites (N-methyl/N-ethyl adjacent to an activating group) is 1. The van der Waals surface area contributed by atoms with Gasteiger partial charge in [-0.2, -0.15) is 5.10 Å². The standard InChI is InChI=1S/C26H27N5O2/c1-17(2)31-25-22(15-27-31)21(14-23(29-25)19-12-10-18(3)11-13-19)26(33)30(4)16-24(32)28-20-8-6-5-7-9-20/h5-15,17H,16H2,1-4H3,(H,28,32). The molecule has 0 fully saturated rings. The van der Waals surface area contributed by atoms with E-state index in [1.54, 1.807) is 31.4 Å². The number of benzene rings is 2. The number of carbonyl (C=O) groups excluding carboxylic acids is 2. The molecular formula is C26H27N5O2. The minimum atomic E-state index is -0.265. The zero-order valence-electron chi connectivity index (χ0n) is 19.2. The number of amides is 2. The first kappa shape index (κ1) is 22.2. The number of nitrogens with zero attached hydrogens (tertiary/aromatic N) is 4. The monoisotopic (exact) mass is 441 g/mol. The van der Waals surface area contributed by atoms with Crippen molar-refractivity contribution in [1.82, 2.24) is 19.7 Å². The van der Waals surface area contributed by atoms with Crippen molar-refractivity contribution in [1.29, 1.82) is 0 Å². The lowest BCUT2D eigenvalue weighted by Gasteiger charge is -2.18. The Morgan fingerprint density at radius 2 is 1.76 bits per heavy atom. The molecule has 0 aliphatic carbocycles. The van der Waals surface area contributed by atoms with Gasteiger partial charge in [-0.15, -0.1) is 0 Å². The number of hydrogen-bond acceptors (Lipinski definition) is 4. The van der Waals surface area contributed by atoms with Gasteiger partial charge in [-0.25, -0.2) is 9.67 Å². The van der Waals surface area contributed by atoms with Gasteiger partial charge in [-0.05, 0) is 39.0 Å². The molecule has 4 rings (SSSR count). The predicted molar refractivity (Wildman–Crippen MR) is 130 cm³/mol. The van der Waals surface area contributed by atoms with Crippen molar-refractivity contribution in [3.63, 3.8) is 0 Å². The van der Waals surface area contributed by atoms with Crippen LogP contribution in [0.1, 0.15) is 35.8 Å². The molecule has 0 unspecified atom stereocenters. The summed E-state index contributed by atoms with van der Waals surface area (Å²) in [4.78, 5) is 32.2. The first-order chi connectivity index (χ1) is 15.8. The lowest BCUT2D eigenvalue weighted by molar-refractivity contribution is -0.116. The van der Waals surface area contributed by atoms with E-state index < -0.39 is 0 Å². The van der Waals surface area contributed by atoms with Gasteiger partial charge in [0, 0.05) is 24.3 Å². The zero-order valence-corrected chi connectivity index (χ0v) is 19.2. The molecule has 2 aromatic carbocycles. The molecule has 33 heavy (non-hydrogen) atoms. The number of aromatic nitrogens is 3. The fourth-order valence-corrected chi connectivity index (χ4v) is 3.66. The highest BCUT2D eigenvalue weighted by molar-refractivity contribution is 6.07. The van der Waals surface area contributed by atoms with Gasteiger partial charge in [0.15, 0.2) is 5.65 Å². The van der Waals surface area contributed by atoms with Gasteiger partial charge in [0.05, 0.1) is 29.4 Å². The lowest BCUT2D eigenvalue weighted by atomic mass is 10.0. The van der Waals surface area contributed by atoms with Crippen LogP contribution in [0.5, 0.6) is 0 Å². The second kappa shape index (κ2) is 9.24. The summed E-state index contributed by atoms with van der Waals surface area (Å²) in [7, 11) is 1.62. The summed E-state index contributed by atoms with van der Waals surface area (Å²) in [5, 5.41) is 7.95. The summed E-state index contributed by atoms with van der Waals surface area (Å²) in [5.41, 5.74) is 4.56. The summed E-state index contributed by atoms with van der Waals surface area (Å²) in [6, 6.07) is 19.1. The fourth-order valence-electron chi connectivity index (χ4n) is 3.66. The zero-order chi connectivity index (χ0) is 23.5. The van der Waals surface area contributed by atoms with Crippen LogP contribution < -0.4 is 5.32 Å². The molecule has 1 N–H and O–H groups in total. The largest absolute Gasteiger partial charge is 0.332 e. The summed E-state index contributed by atoms with van der Waals surface area (Å²) in [6.07, 6.45) is 1.67. The molecule has 0 saturated heterocycles. The SMILES string of the molecule is Cc1ccc(-c2cc(C(=O)N(C)CC(=O)Nc3ccccc3)c3cnn(C(C)C)c3n2)cc1. The summed E-state index contributed by atoms with van der Waals surface area (Å²) >= 11 is 0. The van der Waals surface area contributed by atoms with E-state index in [0.717, 1.165) is 11.1 Å². The third-order valence-corrected chi connectivity index (χ3v) is 5.42. The van der Waals surface area contributed by atoms with Gasteiger partial charge < -0.3 is 10.2 Å². The van der Waals surface area contributed by atoms with Crippen molar-refractivity contribution in [2.45, 2.75) is 26.8 Å². The maximum atomic E-state index is 13.4. The van der Waals surface area contributed by atoms with Crippen LogP contribution in [-0.4, -0.2) is 45.1 Å². The van der Waals surface area contributed by atoms with Gasteiger partial charge >= 0.3 is 0 Å². The lowest BCUT2D eigenvalue weighted by Crippen LogP contribution is -2.35. The maximum Gasteiger partial charge on any atom is 0.254 e. The predicted octanol–water partition coefficient (Wildman–Crippen LogP) is 4.70. The van der Waals surface area contributed by atoms with Crippen LogP contribution in [-0.2, 0) is 4.79 Å². The number of anilines is 1. The molecule has 0 saturated carbocycles. The van der Waals surface area contributed by atoms with E-state index in [4.69, 9.17) is 4.98 Å². The maximum absolute atomic E-state index is 13.4. The van der Waals surface area contributed by atoms with Crippen LogP contribution in [0.25, 0.3) is 22.3 Å². The van der Waals surface area contributed by atoms with Crippen LogP contribution in [0.15, 0.2) is 66.9 Å². The van der Waals surface area contributed by atoms with E-state index in [1.165, 1.54) is 4.90 Å². The van der Waals surface area contributed by atoms with Gasteiger partial charge in [-0.3, -0.25) is 9.59 Å². The molecule has 2 heterocycles. The molecular weight excluding hydrogens is 414 g/mol. The first-order valence-corrected chi connectivity index (χ1v) is 10.9. The van der Waals surface area contributed by atoms with Crippen molar-refractivity contribution in [3.05, 3.63) is 78.0 Å². The molecule has 7 nitrogen and oxygen atoms in total. The van der Waals surface area contributed by atoms with Crippen molar-refractivity contribution >= 4 is 28.5 Å². The Balaban J connectivity index is 1.68. The van der Waals surface area contributed by atoms with E-state index in [0.29, 0.717) is 28.0 Å². The van der Waals surface area contributed by atoms with Crippen LogP contribution >= 0.6 is 0 Å². The minimum absolute atomic E-state index is 0.0737. The average molecular weight is 442 g/mol. The Labute approximate surface area is 193 Å². The van der Waals surface area contributed by atoms with E-state index in [1.807, 2.05) is 67.9 Å². The number of pyridine rings is 1. The number of rotatable bonds is 6. The number of nitrogens with one attached hydrogen (secondary N) is 1. The topological polar surface area (TPSA) is 80.1 Å². The molecule has 0 spiro atoms. The van der Waals surface area contributed by atoms with Crippen LogP contribution in [0.2, 0.25) is 0 Å². The molecule has 0 radical (unpaired) electrons. The summed E-state index contributed by atoms with van der Waals surface area (Å²) < 4.78 is 1.81. The van der Waals surface area contributed by atoms with Crippen LogP contribution in [0.3, 0.4) is 0 Å². The number of hydrogen-bond donors (Lipinski definition) is 1. The van der Waals surface area contributed by atoms with Gasteiger partial charge in [-0.1, -0.05) is 48.0 Å². The second-order valence-corrected chi connectivity index (χ2v) is 8.42. The number of fused-ring (bicyclic) bond motifs is 1. The van der Waals surface area contributed by atoms with Crippen molar-refractivity contribution < 1.29 is 9.59 Å². The number of aryl methyl sites for hydroxylation is 1. The molecule has 2 amide bonds. The van der Waals surface area contributed by atoms with Crippen LogP contribution in [0.4, 0.5) is 5.69 Å². The molecule has 2 aromatic heterocycles. The number of para-hydroxylation sites is 1. The Kier molecular flexibility index (Phi) is 6.22. The van der Waals surface area contributed by atoms with E-state index in [-0.39, 0.29) is 24.4 Å². The Hall–Kier alpha value is -4.00. The Morgan fingerprint density at radius 3 is 2.42 bits per heavy atom. The summed E-state index contributed by atoms with van der Waals surface area (Å²) in [5.74, 6) is -0.527. The molecule has 7 heteroatoms. The normalized spacial score (nSPS) is 11.1. The first-order valence-electron chi connectivity index (χ1n) is 10.9. The molecule has 168 valence electrons. The van der Waals surface area contributed by atoms with E-state index >= 15 is 0 Å². The molecule has 4 aromatic rings. The number of carbonyl (C=O) groups is 2. The average Bonchev–Trinajstić information content (AvgIpc) is 3.23. The second-order valence-electron chi connectivity index (χ2n) is 8.42. The van der Waals surface area contributed by atoms with Gasteiger partial charge in [0.1, 0.15) is 0 Å². The highest BCUT2D eigenvalue weighted by Gasteiger charge is 2.22. The van der Waals surface area contributed by atoms with Gasteiger partial charge in [0.25, 0.3) is 5.91 Å². The van der Waals surface area contributed by atoms with Crippen molar-refractivity contribution in [2.75, 3.05) is 18.9 Å². The highest BCUT2D eigenvalue weighted by atomic mass is 16.2. The third-order valence-electron chi connectivity index (χ3n) is 5.42. The van der Waals surface area contributed by atoms with Gasteiger partial charge in [0.2, 0.25) is 5.91 Å². The van der Waals surface area contributed by atoms with Crippen molar-refractivity contribution in [2.24, 2.45) is 0 Å². The molecule has 0 aliphatic heterocycles. The highest BCUT2D eigenvalue weighted by Crippen LogP contribution is 2.27. The summed E-state index contributed by atoms with van der Waals surface area (Å²) in [6.45, 7) is 6.00. The van der Waals surface area contributed by atoms with E-state index in [9.17, 15) is 9.59 Å². The smallest absolute Gasteiger partial charge is 0.254 e. The minimum Gasteiger partial charge on any atom is -0.332 e. The van der Waals surface area contributed by atoms with E-state index in [2.05, 4.69) is 10.4 Å². The Morgan fingerprint density at radius 1 is 1.06 bits per heavy atom. The van der Waals surface area contributed by atoms with Crippen molar-refractivity contribution in [3.8, 4) is 11.3 Å². The Bertz CT molecular complexity index is 1290. The molecule has 0 aliphatic rings. The fraction of sp³-hybridized carbons (Fsp3) is 0.231. The van der Waals surface area contributed by atoms with Crippen LogP contribution in [0, 0.1) is 6.92 Å². The third kappa shape index (κ3) is 4.77. The molecule has 0 atom stereocenters.